The van der Waals surface area contributed by atoms with Crippen molar-refractivity contribution in [1.82, 2.24) is 0 Å². The zero-order valence-corrected chi connectivity index (χ0v) is 44.8. The number of hydrogen-bond donors (Lipinski definition) is 1. The van der Waals surface area contributed by atoms with Gasteiger partial charge in [-0.15, -0.1) is 0 Å². The Hall–Kier alpha value is -7.17. The summed E-state index contributed by atoms with van der Waals surface area (Å²) < 4.78 is 62.4. The van der Waals surface area contributed by atoms with Gasteiger partial charge in [0.15, 0.2) is 18.5 Å². The number of cyclic esters (lactones) is 1. The molecule has 2 fully saturated rings. The number of carbonyl (C=O) groups is 1. The first kappa shape index (κ1) is 57.5. The third-order valence-electron chi connectivity index (χ3n) is 13.6. The van der Waals surface area contributed by atoms with E-state index in [1.54, 1.807) is 0 Å². The van der Waals surface area contributed by atoms with Gasteiger partial charge in [-0.3, -0.25) is 0 Å². The maximum Gasteiger partial charge on any atom is 0.338 e. The summed E-state index contributed by atoms with van der Waals surface area (Å²) in [4.78, 5) is 13.4. The molecule has 80 heavy (non-hydrogen) atoms. The average Bonchev–Trinajstić information content (AvgIpc) is 3.54. The third kappa shape index (κ3) is 17.9. The maximum atomic E-state index is 13.4. The highest BCUT2D eigenvalue weighted by Crippen LogP contribution is 2.31. The summed E-state index contributed by atoms with van der Waals surface area (Å²) >= 11 is 0. The number of aliphatic hydroxyl groups excluding tert-OH is 1. The van der Waals surface area contributed by atoms with Crippen LogP contribution in [-0.4, -0.2) is 79.4 Å². The average molecular weight is 1080 g/mol. The number of rotatable bonds is 26. The van der Waals surface area contributed by atoms with Gasteiger partial charge in [0, 0.05) is 0 Å². The van der Waals surface area contributed by atoms with Crippen molar-refractivity contribution in [2.45, 2.75) is 108 Å². The zero-order chi connectivity index (χ0) is 54.8. The molecule has 8 aromatic carbocycles. The Morgan fingerprint density at radius 3 is 0.912 bits per heavy atom. The second-order valence-electron chi connectivity index (χ2n) is 19.6. The first-order chi connectivity index (χ1) is 39.5. The number of ether oxygens (including phenoxy) is 10. The van der Waals surface area contributed by atoms with Crippen LogP contribution in [-0.2, 0) is 105 Å². The van der Waals surface area contributed by atoms with Crippen molar-refractivity contribution in [2.75, 3.05) is 13.2 Å². The summed E-state index contributed by atoms with van der Waals surface area (Å²) in [6.07, 6.45) is -6.67. The molecule has 12 heteroatoms. The molecule has 2 aliphatic heterocycles. The van der Waals surface area contributed by atoms with E-state index in [1.807, 2.05) is 243 Å². The molecule has 0 radical (unpaired) electrons. The molecule has 0 spiro atoms. The fourth-order valence-electron chi connectivity index (χ4n) is 9.40. The predicted octanol–water partition coefficient (Wildman–Crippen LogP) is 11.6. The van der Waals surface area contributed by atoms with Gasteiger partial charge >= 0.3 is 5.97 Å². The minimum absolute atomic E-state index is 0.163. The summed E-state index contributed by atoms with van der Waals surface area (Å²) in [5.74, 6) is -0.484. The number of carbonyl (C=O) groups excluding carboxylic acids is 1. The second kappa shape index (κ2) is 31.6. The zero-order valence-electron chi connectivity index (χ0n) is 44.8. The van der Waals surface area contributed by atoms with E-state index in [-0.39, 0.29) is 19.8 Å². The quantitative estimate of drug-likeness (QED) is 0.0518. The van der Waals surface area contributed by atoms with Crippen LogP contribution in [0, 0.1) is 0 Å². The molecule has 10 rings (SSSR count). The third-order valence-corrected chi connectivity index (χ3v) is 13.6. The molecule has 12 nitrogen and oxygen atoms in total. The van der Waals surface area contributed by atoms with E-state index in [2.05, 4.69) is 0 Å². The van der Waals surface area contributed by atoms with Gasteiger partial charge in [-0.05, 0) is 44.5 Å². The summed E-state index contributed by atoms with van der Waals surface area (Å²) in [5.41, 5.74) is 8.08. The Balaban J connectivity index is 0.000000194. The molecule has 1 unspecified atom stereocenters. The van der Waals surface area contributed by atoms with Crippen molar-refractivity contribution in [2.24, 2.45) is 0 Å². The van der Waals surface area contributed by atoms with E-state index in [0.717, 1.165) is 44.5 Å². The van der Waals surface area contributed by atoms with Crippen LogP contribution >= 0.6 is 0 Å². The molecule has 2 saturated heterocycles. The molecular formula is C68H70O12. The van der Waals surface area contributed by atoms with Crippen molar-refractivity contribution < 1.29 is 57.3 Å². The Labute approximate surface area is 469 Å². The van der Waals surface area contributed by atoms with Gasteiger partial charge in [-0.25, -0.2) is 4.79 Å². The van der Waals surface area contributed by atoms with Crippen molar-refractivity contribution in [3.63, 3.8) is 0 Å². The van der Waals surface area contributed by atoms with Gasteiger partial charge in [-0.1, -0.05) is 243 Å². The highest BCUT2D eigenvalue weighted by molar-refractivity contribution is 5.77. The second-order valence-corrected chi connectivity index (χ2v) is 19.6. The lowest BCUT2D eigenvalue weighted by atomic mass is 9.98. The lowest BCUT2D eigenvalue weighted by Gasteiger charge is -2.44. The molecule has 0 saturated carbocycles. The van der Waals surface area contributed by atoms with Crippen LogP contribution in [0.2, 0.25) is 0 Å². The van der Waals surface area contributed by atoms with Crippen molar-refractivity contribution in [3.05, 3.63) is 287 Å². The molecular weight excluding hydrogens is 1010 g/mol. The van der Waals surface area contributed by atoms with E-state index >= 15 is 0 Å². The molecule has 0 aromatic heterocycles. The maximum absolute atomic E-state index is 13.4. The Kier molecular flexibility index (Phi) is 22.7. The van der Waals surface area contributed by atoms with Crippen LogP contribution in [0.3, 0.4) is 0 Å². The SMILES string of the molecule is O=C1O[C@H](COCc2ccccc2)[C@@H](OCc2ccccc2)[C@H](OCc2ccccc2)[C@H]1OCc1ccccc1.OC1O[C@H](COCc2ccccc2)[C@@H](OCc2ccccc2)[C@H](OCc2ccccc2)[C@H]1OCc1ccccc1. The van der Waals surface area contributed by atoms with E-state index in [9.17, 15) is 9.90 Å². The van der Waals surface area contributed by atoms with Crippen LogP contribution in [0.1, 0.15) is 44.5 Å². The monoisotopic (exact) mass is 1080 g/mol. The smallest absolute Gasteiger partial charge is 0.338 e. The molecule has 2 aliphatic rings. The predicted molar refractivity (Wildman–Crippen MR) is 303 cm³/mol. The van der Waals surface area contributed by atoms with E-state index in [1.165, 1.54) is 0 Å². The fraction of sp³-hybridized carbons (Fsp3) is 0.279. The molecule has 9 atom stereocenters. The van der Waals surface area contributed by atoms with Gasteiger partial charge in [-0.2, -0.15) is 0 Å². The van der Waals surface area contributed by atoms with Crippen LogP contribution in [0.5, 0.6) is 0 Å². The van der Waals surface area contributed by atoms with Gasteiger partial charge in [0.1, 0.15) is 36.6 Å². The first-order valence-electron chi connectivity index (χ1n) is 27.2. The van der Waals surface area contributed by atoms with Crippen molar-refractivity contribution in [1.29, 1.82) is 0 Å². The lowest BCUT2D eigenvalue weighted by Crippen LogP contribution is -2.61. The van der Waals surface area contributed by atoms with Crippen LogP contribution in [0.4, 0.5) is 0 Å². The fourth-order valence-corrected chi connectivity index (χ4v) is 9.40. The minimum Gasteiger partial charge on any atom is -0.455 e. The molecule has 0 amide bonds. The van der Waals surface area contributed by atoms with E-state index in [4.69, 9.17) is 47.4 Å². The molecule has 0 aliphatic carbocycles. The van der Waals surface area contributed by atoms with Gasteiger partial charge in [0.2, 0.25) is 0 Å². The highest BCUT2D eigenvalue weighted by atomic mass is 16.7. The lowest BCUT2D eigenvalue weighted by molar-refractivity contribution is -0.317. The molecule has 0 bridgehead atoms. The number of hydrogen-bond acceptors (Lipinski definition) is 12. The normalized spacial score (nSPS) is 21.7. The number of benzene rings is 8. The van der Waals surface area contributed by atoms with Crippen LogP contribution in [0.25, 0.3) is 0 Å². The number of aliphatic hydroxyl groups is 1. The summed E-state index contributed by atoms with van der Waals surface area (Å²) in [7, 11) is 0. The Morgan fingerprint density at radius 1 is 0.300 bits per heavy atom. The summed E-state index contributed by atoms with van der Waals surface area (Å²) in [6, 6.07) is 79.1. The number of esters is 1. The summed E-state index contributed by atoms with van der Waals surface area (Å²) in [6.45, 7) is 3.07. The Bertz CT molecular complexity index is 2930. The standard InChI is InChI=1S/C34H36O6.C34H34O6/c2*35-34-33(39-24-29-19-11-4-12-20-29)32(38-23-28-17-9-3-10-18-28)31(37-22-27-15-7-2-8-16-27)30(40-34)25-36-21-26-13-5-1-6-14-26/h1-20,30-35H,21-25H2;1-20,30-33H,21-25H2/t30-,31-,32+,33-,34?;30-,31-,32+,33-/m11/s1. The van der Waals surface area contributed by atoms with E-state index < -0.39 is 61.1 Å². The van der Waals surface area contributed by atoms with Gasteiger partial charge in [0.25, 0.3) is 0 Å². The van der Waals surface area contributed by atoms with Crippen molar-refractivity contribution >= 4 is 5.97 Å². The topological polar surface area (TPSA) is 130 Å². The van der Waals surface area contributed by atoms with Crippen molar-refractivity contribution in [3.8, 4) is 0 Å². The Morgan fingerprint density at radius 2 is 0.562 bits per heavy atom. The summed E-state index contributed by atoms with van der Waals surface area (Å²) in [5, 5.41) is 11.2. The van der Waals surface area contributed by atoms with Crippen LogP contribution in [0.15, 0.2) is 243 Å². The highest BCUT2D eigenvalue weighted by Gasteiger charge is 2.50. The van der Waals surface area contributed by atoms with Crippen LogP contribution < -0.4 is 0 Å². The van der Waals surface area contributed by atoms with E-state index in [0.29, 0.717) is 46.2 Å². The van der Waals surface area contributed by atoms with Gasteiger partial charge in [0.05, 0.1) is 66.1 Å². The molecule has 2 heterocycles. The molecule has 8 aromatic rings. The van der Waals surface area contributed by atoms with Gasteiger partial charge < -0.3 is 52.5 Å². The first-order valence-corrected chi connectivity index (χ1v) is 27.2. The largest absolute Gasteiger partial charge is 0.455 e. The molecule has 1 N–H and O–H groups in total. The molecule has 414 valence electrons. The minimum atomic E-state index is -1.22.